The molecule has 192 valence electrons. The fraction of sp³-hybridized carbons (Fsp3) is 0.348. The van der Waals surface area contributed by atoms with Crippen molar-refractivity contribution >= 4 is 40.0 Å². The third-order valence-electron chi connectivity index (χ3n) is 5.69. The molecular formula is C23H22ClF4N5O3. The number of piperidine rings is 1. The number of carbonyl (C=O) groups is 1. The summed E-state index contributed by atoms with van der Waals surface area (Å²) < 4.78 is 64.8. The zero-order valence-electron chi connectivity index (χ0n) is 19.0. The summed E-state index contributed by atoms with van der Waals surface area (Å²) in [6.07, 6.45) is 2.21. The van der Waals surface area contributed by atoms with Crippen LogP contribution in [0.5, 0.6) is 5.75 Å². The normalized spacial score (nSPS) is 14.7. The minimum atomic E-state index is -3.21. The Hall–Kier alpha value is -3.38. The van der Waals surface area contributed by atoms with E-state index < -0.39 is 35.5 Å². The number of amides is 2. The largest absolute Gasteiger partial charge is 0.496 e. The number of ether oxygens (including phenoxy) is 2. The molecular weight excluding hydrogens is 506 g/mol. The van der Waals surface area contributed by atoms with Gasteiger partial charge in [0, 0.05) is 30.1 Å². The van der Waals surface area contributed by atoms with E-state index in [-0.39, 0.29) is 28.2 Å². The van der Waals surface area contributed by atoms with Crippen LogP contribution in [0.1, 0.15) is 31.1 Å². The molecule has 0 aliphatic carbocycles. The minimum Gasteiger partial charge on any atom is -0.496 e. The van der Waals surface area contributed by atoms with Crippen molar-refractivity contribution < 1.29 is 31.8 Å². The number of rotatable bonds is 7. The van der Waals surface area contributed by atoms with Crippen molar-refractivity contribution in [2.75, 3.05) is 25.5 Å². The van der Waals surface area contributed by atoms with Gasteiger partial charge in [-0.3, -0.25) is 4.74 Å². The van der Waals surface area contributed by atoms with Gasteiger partial charge in [-0.2, -0.15) is 8.78 Å². The fourth-order valence-corrected chi connectivity index (χ4v) is 4.09. The Morgan fingerprint density at radius 3 is 2.58 bits per heavy atom. The number of likely N-dealkylation sites (tertiary alicyclic amines) is 1. The minimum absolute atomic E-state index is 0.0612. The lowest BCUT2D eigenvalue weighted by Gasteiger charge is -2.29. The molecule has 2 amide bonds. The van der Waals surface area contributed by atoms with Crippen molar-refractivity contribution in [3.05, 3.63) is 52.8 Å². The maximum Gasteiger partial charge on any atom is 0.347 e. The smallest absolute Gasteiger partial charge is 0.347 e. The molecule has 8 nitrogen and oxygen atoms in total. The number of nitrogens with zero attached hydrogens (tertiary/aromatic N) is 3. The predicted molar refractivity (Wildman–Crippen MR) is 125 cm³/mol. The van der Waals surface area contributed by atoms with Crippen molar-refractivity contribution in [3.63, 3.8) is 0 Å². The Morgan fingerprint density at radius 2 is 1.89 bits per heavy atom. The van der Waals surface area contributed by atoms with Crippen molar-refractivity contribution in [1.82, 2.24) is 20.2 Å². The van der Waals surface area contributed by atoms with Crippen LogP contribution in [-0.4, -0.2) is 47.7 Å². The number of anilines is 2. The molecule has 0 spiro atoms. The van der Waals surface area contributed by atoms with E-state index in [2.05, 4.69) is 20.6 Å². The second-order valence-electron chi connectivity index (χ2n) is 7.96. The van der Waals surface area contributed by atoms with Gasteiger partial charge in [0.05, 0.1) is 18.3 Å². The highest BCUT2D eigenvalue weighted by Crippen LogP contribution is 2.35. The molecule has 1 aliphatic rings. The highest BCUT2D eigenvalue weighted by Gasteiger charge is 2.27. The van der Waals surface area contributed by atoms with Gasteiger partial charge >= 0.3 is 12.6 Å². The summed E-state index contributed by atoms with van der Waals surface area (Å²) in [6.45, 7) is -2.22. The molecule has 0 radical (unpaired) electrons. The van der Waals surface area contributed by atoms with Crippen LogP contribution < -0.4 is 15.4 Å². The summed E-state index contributed by atoms with van der Waals surface area (Å²) in [6, 6.07) is 4.39. The number of carbonyl (C=O) groups excluding carboxylic acids is 1. The third kappa shape index (κ3) is 5.54. The van der Waals surface area contributed by atoms with Gasteiger partial charge in [-0.25, -0.2) is 23.5 Å². The van der Waals surface area contributed by atoms with E-state index >= 15 is 0 Å². The molecule has 36 heavy (non-hydrogen) atoms. The Labute approximate surface area is 208 Å². The van der Waals surface area contributed by atoms with Crippen LogP contribution in [-0.2, 0) is 4.74 Å². The summed E-state index contributed by atoms with van der Waals surface area (Å²) in [5, 5.41) is 4.77. The van der Waals surface area contributed by atoms with Gasteiger partial charge in [-0.1, -0.05) is 11.6 Å². The molecule has 0 bridgehead atoms. The first kappa shape index (κ1) is 25.7. The predicted octanol–water partition coefficient (Wildman–Crippen LogP) is 5.75. The third-order valence-corrected chi connectivity index (χ3v) is 6.04. The van der Waals surface area contributed by atoms with Crippen LogP contribution in [0.2, 0.25) is 5.02 Å². The number of fused-ring (bicyclic) bond motifs is 1. The van der Waals surface area contributed by atoms with Crippen molar-refractivity contribution in [1.29, 1.82) is 0 Å². The quantitative estimate of drug-likeness (QED) is 0.231. The lowest BCUT2D eigenvalue weighted by molar-refractivity contribution is -0.170. The Morgan fingerprint density at radius 1 is 1.14 bits per heavy atom. The SMILES string of the molecule is COc1cc2ncnc(Nc3ccc(F)c(Cl)c3F)c2cc1C(NC(=O)N1CCCCC1)OC(F)F. The van der Waals surface area contributed by atoms with Crippen LogP contribution in [0.15, 0.2) is 30.6 Å². The number of hydrogen-bond acceptors (Lipinski definition) is 6. The molecule has 1 unspecified atom stereocenters. The number of urea groups is 1. The Kier molecular flexibility index (Phi) is 7.94. The summed E-state index contributed by atoms with van der Waals surface area (Å²) >= 11 is 5.66. The molecule has 1 fully saturated rings. The van der Waals surface area contributed by atoms with Crippen LogP contribution in [0.4, 0.5) is 33.9 Å². The number of nitrogens with one attached hydrogen (secondary N) is 2. The molecule has 0 saturated carbocycles. The van der Waals surface area contributed by atoms with Gasteiger partial charge in [0.15, 0.2) is 12.0 Å². The van der Waals surface area contributed by atoms with E-state index in [0.717, 1.165) is 31.4 Å². The Bertz CT molecular complexity index is 1260. The number of alkyl halides is 2. The van der Waals surface area contributed by atoms with E-state index in [0.29, 0.717) is 18.6 Å². The van der Waals surface area contributed by atoms with Crippen molar-refractivity contribution in [3.8, 4) is 5.75 Å². The molecule has 2 aromatic carbocycles. The van der Waals surface area contributed by atoms with Gasteiger partial charge in [0.2, 0.25) is 0 Å². The Balaban J connectivity index is 1.74. The molecule has 2 N–H and O–H groups in total. The van der Waals surface area contributed by atoms with Gasteiger partial charge < -0.3 is 20.3 Å². The standard InChI is InChI=1S/C23H22ClF4N5O3/c1-35-17-10-16-12(20(30-11-29-16)31-15-6-5-14(25)18(24)19(15)26)9-13(17)21(36-22(27)28)32-23(34)33-7-3-2-4-8-33/h5-6,9-11,21-22H,2-4,7-8H2,1H3,(H,32,34)(H,29,30,31). The molecule has 1 aromatic heterocycles. The highest BCUT2D eigenvalue weighted by atomic mass is 35.5. The van der Waals surface area contributed by atoms with Crippen molar-refractivity contribution in [2.24, 2.45) is 0 Å². The number of halogens is 5. The molecule has 2 heterocycles. The van der Waals surface area contributed by atoms with Crippen LogP contribution in [0.25, 0.3) is 10.9 Å². The summed E-state index contributed by atoms with van der Waals surface area (Å²) in [5.41, 5.74) is 0.212. The summed E-state index contributed by atoms with van der Waals surface area (Å²) in [7, 11) is 1.33. The molecule has 1 saturated heterocycles. The second kappa shape index (κ2) is 11.1. The molecule has 4 rings (SSSR count). The van der Waals surface area contributed by atoms with E-state index in [4.69, 9.17) is 21.1 Å². The number of methoxy groups -OCH3 is 1. The number of benzene rings is 2. The summed E-state index contributed by atoms with van der Waals surface area (Å²) in [5.74, 6) is -1.78. The number of hydrogen-bond donors (Lipinski definition) is 2. The lowest BCUT2D eigenvalue weighted by atomic mass is 10.1. The molecule has 1 aliphatic heterocycles. The first-order chi connectivity index (χ1) is 17.3. The van der Waals surface area contributed by atoms with E-state index in [1.54, 1.807) is 0 Å². The maximum absolute atomic E-state index is 14.5. The van der Waals surface area contributed by atoms with Crippen molar-refractivity contribution in [2.45, 2.75) is 32.1 Å². The molecule has 3 aromatic rings. The average molecular weight is 528 g/mol. The van der Waals surface area contributed by atoms with E-state index in [9.17, 15) is 22.4 Å². The fourth-order valence-electron chi connectivity index (χ4n) is 3.92. The summed E-state index contributed by atoms with van der Waals surface area (Å²) in [4.78, 5) is 22.5. The van der Waals surface area contributed by atoms with Gasteiger partial charge in [-0.05, 0) is 37.5 Å². The van der Waals surface area contributed by atoms with E-state index in [1.807, 2.05) is 0 Å². The first-order valence-corrected chi connectivity index (χ1v) is 11.4. The zero-order chi connectivity index (χ0) is 25.8. The first-order valence-electron chi connectivity index (χ1n) is 11.0. The molecule has 13 heteroatoms. The van der Waals surface area contributed by atoms with Gasteiger partial charge in [-0.15, -0.1) is 0 Å². The number of aromatic nitrogens is 2. The van der Waals surface area contributed by atoms with Crippen LogP contribution in [0, 0.1) is 11.6 Å². The molecule has 1 atom stereocenters. The van der Waals surface area contributed by atoms with E-state index in [1.165, 1.54) is 30.5 Å². The van der Waals surface area contributed by atoms with Gasteiger partial charge in [0.1, 0.15) is 28.7 Å². The van der Waals surface area contributed by atoms with Crippen LogP contribution in [0.3, 0.4) is 0 Å². The second-order valence-corrected chi connectivity index (χ2v) is 8.33. The average Bonchev–Trinajstić information content (AvgIpc) is 2.88. The monoisotopic (exact) mass is 527 g/mol. The topological polar surface area (TPSA) is 88.6 Å². The lowest BCUT2D eigenvalue weighted by Crippen LogP contribution is -2.45. The maximum atomic E-state index is 14.5. The highest BCUT2D eigenvalue weighted by molar-refractivity contribution is 6.31. The van der Waals surface area contributed by atoms with Crippen LogP contribution >= 0.6 is 11.6 Å². The zero-order valence-corrected chi connectivity index (χ0v) is 19.8. The van der Waals surface area contributed by atoms with Gasteiger partial charge in [0.25, 0.3) is 0 Å².